The molecule has 2 heterocycles. The van der Waals surface area contributed by atoms with Crippen LogP contribution in [0, 0.1) is 13.8 Å². The van der Waals surface area contributed by atoms with E-state index in [0.29, 0.717) is 5.92 Å². The molecule has 3 aromatic carbocycles. The predicted octanol–water partition coefficient (Wildman–Crippen LogP) is 6.33. The van der Waals surface area contributed by atoms with Crippen molar-refractivity contribution in [2.45, 2.75) is 33.6 Å². The molecule has 0 atom stereocenters. The van der Waals surface area contributed by atoms with E-state index in [0.717, 1.165) is 11.5 Å². The topological polar surface area (TPSA) is 13.1 Å². The number of rotatable bonds is 1. The molecule has 0 fully saturated rings. The molecule has 1 aliphatic heterocycles. The molecule has 27 heavy (non-hydrogen) atoms. The Hall–Kier alpha value is -2.87. The molecular formula is C25H24NO+. The first-order chi connectivity index (χ1) is 13.0. The third kappa shape index (κ3) is 2.10. The van der Waals surface area contributed by atoms with Crippen molar-refractivity contribution < 1.29 is 9.30 Å². The van der Waals surface area contributed by atoms with Crippen molar-refractivity contribution in [1.82, 2.24) is 0 Å². The van der Waals surface area contributed by atoms with Crippen molar-refractivity contribution in [2.24, 2.45) is 7.05 Å². The monoisotopic (exact) mass is 354 g/mol. The second-order valence-electron chi connectivity index (χ2n) is 7.98. The van der Waals surface area contributed by atoms with Crippen LogP contribution in [0.5, 0.6) is 11.5 Å². The van der Waals surface area contributed by atoms with E-state index in [1.165, 1.54) is 49.5 Å². The van der Waals surface area contributed by atoms with E-state index in [4.69, 9.17) is 4.74 Å². The lowest BCUT2D eigenvalue weighted by molar-refractivity contribution is -0.659. The Labute approximate surface area is 160 Å². The molecule has 0 saturated carbocycles. The maximum Gasteiger partial charge on any atom is 0.228 e. The molecule has 134 valence electrons. The highest BCUT2D eigenvalue weighted by molar-refractivity contribution is 6.07. The molecule has 4 aromatic rings. The van der Waals surface area contributed by atoms with E-state index >= 15 is 0 Å². The van der Waals surface area contributed by atoms with Crippen LogP contribution in [0.1, 0.15) is 36.5 Å². The number of aryl methyl sites for hydroxylation is 3. The highest BCUT2D eigenvalue weighted by Gasteiger charge is 2.32. The Kier molecular flexibility index (Phi) is 3.36. The average molecular weight is 354 g/mol. The summed E-state index contributed by atoms with van der Waals surface area (Å²) in [4.78, 5) is 0. The maximum absolute atomic E-state index is 6.55. The van der Waals surface area contributed by atoms with Crippen molar-refractivity contribution in [2.75, 3.05) is 0 Å². The van der Waals surface area contributed by atoms with Gasteiger partial charge in [0.05, 0.1) is 10.9 Å². The lowest BCUT2D eigenvalue weighted by Crippen LogP contribution is -2.32. The molecule has 0 saturated heterocycles. The SMILES string of the molecule is Cc1c2c(c(C)c3c(C(C)C)cccc13)Oc1cccc3cc[n+](C)c-2c13. The van der Waals surface area contributed by atoms with Crippen molar-refractivity contribution in [3.8, 4) is 22.8 Å². The number of pyridine rings is 1. The van der Waals surface area contributed by atoms with Gasteiger partial charge in [0.25, 0.3) is 0 Å². The normalized spacial score (nSPS) is 12.5. The minimum absolute atomic E-state index is 0.472. The number of hydrogen-bond donors (Lipinski definition) is 0. The summed E-state index contributed by atoms with van der Waals surface area (Å²) in [5.41, 5.74) is 6.41. The van der Waals surface area contributed by atoms with Gasteiger partial charge in [-0.15, -0.1) is 0 Å². The molecule has 5 rings (SSSR count). The van der Waals surface area contributed by atoms with Crippen molar-refractivity contribution in [3.05, 3.63) is 65.4 Å². The van der Waals surface area contributed by atoms with Gasteiger partial charge in [0.1, 0.15) is 18.5 Å². The predicted molar refractivity (Wildman–Crippen MR) is 112 cm³/mol. The van der Waals surface area contributed by atoms with Gasteiger partial charge in [-0.2, -0.15) is 0 Å². The summed E-state index contributed by atoms with van der Waals surface area (Å²) in [6.07, 6.45) is 2.15. The summed E-state index contributed by atoms with van der Waals surface area (Å²) >= 11 is 0. The summed E-state index contributed by atoms with van der Waals surface area (Å²) in [5, 5.41) is 5.10. The largest absolute Gasteiger partial charge is 0.455 e. The first-order valence-corrected chi connectivity index (χ1v) is 9.64. The van der Waals surface area contributed by atoms with Crippen LogP contribution in [0.2, 0.25) is 0 Å². The van der Waals surface area contributed by atoms with Gasteiger partial charge in [-0.3, -0.25) is 0 Å². The van der Waals surface area contributed by atoms with Crippen LogP contribution in [0.15, 0.2) is 48.7 Å². The molecule has 2 heteroatoms. The van der Waals surface area contributed by atoms with E-state index in [2.05, 4.69) is 88.0 Å². The zero-order valence-corrected chi connectivity index (χ0v) is 16.6. The number of ether oxygens (including phenoxy) is 1. The molecule has 2 nitrogen and oxygen atoms in total. The van der Waals surface area contributed by atoms with Gasteiger partial charge in [0.15, 0.2) is 6.20 Å². The second-order valence-corrected chi connectivity index (χ2v) is 7.98. The first-order valence-electron chi connectivity index (χ1n) is 9.64. The Morgan fingerprint density at radius 3 is 2.44 bits per heavy atom. The molecule has 0 amide bonds. The average Bonchev–Trinajstić information content (AvgIpc) is 2.67. The van der Waals surface area contributed by atoms with E-state index in [1.807, 2.05) is 0 Å². The van der Waals surface area contributed by atoms with Crippen LogP contribution in [0.4, 0.5) is 0 Å². The third-order valence-electron chi connectivity index (χ3n) is 6.01. The van der Waals surface area contributed by atoms with Gasteiger partial charge in [0.2, 0.25) is 5.69 Å². The van der Waals surface area contributed by atoms with Gasteiger partial charge in [-0.05, 0) is 53.1 Å². The number of nitrogens with zero attached hydrogens (tertiary/aromatic N) is 1. The van der Waals surface area contributed by atoms with Gasteiger partial charge in [-0.25, -0.2) is 4.57 Å². The molecule has 1 aromatic heterocycles. The maximum atomic E-state index is 6.55. The molecule has 0 N–H and O–H groups in total. The van der Waals surface area contributed by atoms with Gasteiger partial charge in [-0.1, -0.05) is 44.2 Å². The molecule has 0 radical (unpaired) electrons. The van der Waals surface area contributed by atoms with Crippen LogP contribution >= 0.6 is 0 Å². The smallest absolute Gasteiger partial charge is 0.228 e. The molecule has 0 bridgehead atoms. The summed E-state index contributed by atoms with van der Waals surface area (Å²) in [5.74, 6) is 2.44. The van der Waals surface area contributed by atoms with Crippen LogP contribution in [-0.2, 0) is 7.05 Å². The fraction of sp³-hybridized carbons (Fsp3) is 0.240. The van der Waals surface area contributed by atoms with Gasteiger partial charge < -0.3 is 4.74 Å². The molecular weight excluding hydrogens is 330 g/mol. The second kappa shape index (κ2) is 5.56. The Morgan fingerprint density at radius 2 is 1.67 bits per heavy atom. The zero-order chi connectivity index (χ0) is 18.9. The lowest BCUT2D eigenvalue weighted by atomic mass is 9.85. The van der Waals surface area contributed by atoms with E-state index in [-0.39, 0.29) is 0 Å². The standard InChI is InChI=1S/C25H24NO/c1-14(2)18-9-7-10-19-15(3)22-24-23-17(12-13-26(24)5)8-6-11-20(23)27-25(22)16(4)21(18)19/h6-14H,1-5H3/q+1. The minimum Gasteiger partial charge on any atom is -0.455 e. The van der Waals surface area contributed by atoms with Crippen molar-refractivity contribution in [1.29, 1.82) is 0 Å². The molecule has 0 spiro atoms. The molecule has 1 aliphatic rings. The van der Waals surface area contributed by atoms with Crippen molar-refractivity contribution in [3.63, 3.8) is 0 Å². The summed E-state index contributed by atoms with van der Waals surface area (Å²) in [6.45, 7) is 8.97. The highest BCUT2D eigenvalue weighted by Crippen LogP contribution is 2.50. The number of fused-ring (bicyclic) bond motifs is 3. The minimum atomic E-state index is 0.472. The fourth-order valence-electron chi connectivity index (χ4n) is 4.68. The van der Waals surface area contributed by atoms with E-state index < -0.39 is 0 Å². The van der Waals surface area contributed by atoms with Crippen LogP contribution in [0.25, 0.3) is 32.8 Å². The third-order valence-corrected chi connectivity index (χ3v) is 6.01. The Balaban J connectivity index is 2.01. The zero-order valence-electron chi connectivity index (χ0n) is 16.6. The Morgan fingerprint density at radius 1 is 0.889 bits per heavy atom. The number of benzene rings is 3. The lowest BCUT2D eigenvalue weighted by Gasteiger charge is -2.25. The van der Waals surface area contributed by atoms with Crippen LogP contribution in [-0.4, -0.2) is 0 Å². The van der Waals surface area contributed by atoms with Crippen molar-refractivity contribution >= 4 is 21.5 Å². The van der Waals surface area contributed by atoms with Crippen LogP contribution < -0.4 is 9.30 Å². The van der Waals surface area contributed by atoms with Gasteiger partial charge in [0, 0.05) is 11.6 Å². The Bertz CT molecular complexity index is 1250. The summed E-state index contributed by atoms with van der Waals surface area (Å²) < 4.78 is 8.78. The number of aromatic nitrogens is 1. The molecule has 0 unspecified atom stereocenters. The first kappa shape index (κ1) is 16.3. The highest BCUT2D eigenvalue weighted by atomic mass is 16.5. The summed E-state index contributed by atoms with van der Waals surface area (Å²) in [7, 11) is 2.13. The quantitative estimate of drug-likeness (QED) is 0.321. The fourth-order valence-corrected chi connectivity index (χ4v) is 4.68. The van der Waals surface area contributed by atoms with Gasteiger partial charge >= 0.3 is 0 Å². The summed E-state index contributed by atoms with van der Waals surface area (Å²) in [6, 6.07) is 15.2. The molecule has 0 aliphatic carbocycles. The van der Waals surface area contributed by atoms with E-state index in [9.17, 15) is 0 Å². The van der Waals surface area contributed by atoms with E-state index in [1.54, 1.807) is 0 Å². The van der Waals surface area contributed by atoms with Crippen LogP contribution in [0.3, 0.4) is 0 Å². The number of hydrogen-bond acceptors (Lipinski definition) is 1.